The molecule has 0 saturated heterocycles. The third-order valence-corrected chi connectivity index (χ3v) is 2.92. The number of carbonyl (C=O) groups excluding carboxylic acids is 1. The van der Waals surface area contributed by atoms with Crippen molar-refractivity contribution in [3.63, 3.8) is 0 Å². The number of nitrogens with one attached hydrogen (secondary N) is 1. The molecule has 0 aliphatic carbocycles. The van der Waals surface area contributed by atoms with Gasteiger partial charge in [-0.25, -0.2) is 4.98 Å². The lowest BCUT2D eigenvalue weighted by Crippen LogP contribution is -2.34. The van der Waals surface area contributed by atoms with Crippen molar-refractivity contribution >= 4 is 28.4 Å². The minimum Gasteiger partial charge on any atom is -0.394 e. The first-order valence-electron chi connectivity index (χ1n) is 5.74. The van der Waals surface area contributed by atoms with Crippen LogP contribution in [-0.4, -0.2) is 40.4 Å². The monoisotopic (exact) mass is 280 g/mol. The molecule has 1 atom stereocenters. The molecule has 1 amide bonds. The molecule has 0 saturated carbocycles. The number of carbonyl (C=O) groups is 1. The quantitative estimate of drug-likeness (QED) is 0.779. The Hall–Kier alpha value is -1.69. The molecule has 0 aliphatic heterocycles. The SMILES string of the molecule is O=C(NCC(O)CO)c1cc(Cl)c2ccccc2n1. The van der Waals surface area contributed by atoms with Gasteiger partial charge in [-0.05, 0) is 12.1 Å². The number of amides is 1. The molecule has 0 spiro atoms. The van der Waals surface area contributed by atoms with Gasteiger partial charge in [0, 0.05) is 11.9 Å². The number of halogens is 1. The summed E-state index contributed by atoms with van der Waals surface area (Å²) >= 11 is 6.09. The zero-order chi connectivity index (χ0) is 13.8. The molecule has 3 N–H and O–H groups in total. The van der Waals surface area contributed by atoms with Crippen molar-refractivity contribution in [1.29, 1.82) is 0 Å². The maximum Gasteiger partial charge on any atom is 0.270 e. The summed E-state index contributed by atoms with van der Waals surface area (Å²) in [4.78, 5) is 16.0. The molecule has 1 unspecified atom stereocenters. The van der Waals surface area contributed by atoms with Crippen molar-refractivity contribution in [3.8, 4) is 0 Å². The summed E-state index contributed by atoms with van der Waals surface area (Å²) in [5.41, 5.74) is 0.802. The molecule has 0 fully saturated rings. The van der Waals surface area contributed by atoms with E-state index in [1.165, 1.54) is 6.07 Å². The Morgan fingerprint density at radius 1 is 1.42 bits per heavy atom. The molecule has 5 nitrogen and oxygen atoms in total. The van der Waals surface area contributed by atoms with Crippen molar-refractivity contribution in [2.24, 2.45) is 0 Å². The van der Waals surface area contributed by atoms with E-state index < -0.39 is 18.6 Å². The van der Waals surface area contributed by atoms with Crippen LogP contribution in [0.4, 0.5) is 0 Å². The van der Waals surface area contributed by atoms with E-state index in [0.717, 1.165) is 5.39 Å². The van der Waals surface area contributed by atoms with E-state index in [1.54, 1.807) is 6.07 Å². The van der Waals surface area contributed by atoms with Crippen LogP contribution in [0.15, 0.2) is 30.3 Å². The lowest BCUT2D eigenvalue weighted by atomic mass is 10.2. The Morgan fingerprint density at radius 2 is 2.16 bits per heavy atom. The Kier molecular flexibility index (Phi) is 4.31. The standard InChI is InChI=1S/C13H13ClN2O3/c14-10-5-12(13(19)15-6-8(18)7-17)16-11-4-2-1-3-9(10)11/h1-5,8,17-18H,6-7H2,(H,15,19). The highest BCUT2D eigenvalue weighted by Crippen LogP contribution is 2.22. The topological polar surface area (TPSA) is 82.5 Å². The van der Waals surface area contributed by atoms with Gasteiger partial charge in [0.05, 0.1) is 23.3 Å². The molecule has 0 bridgehead atoms. The Morgan fingerprint density at radius 3 is 2.89 bits per heavy atom. The first-order chi connectivity index (χ1) is 9.11. The van der Waals surface area contributed by atoms with Crippen LogP contribution in [0.3, 0.4) is 0 Å². The fraction of sp³-hybridized carbons (Fsp3) is 0.231. The van der Waals surface area contributed by atoms with Crippen LogP contribution in [-0.2, 0) is 0 Å². The molecule has 2 aromatic rings. The van der Waals surface area contributed by atoms with Crippen LogP contribution in [0.1, 0.15) is 10.5 Å². The number of para-hydroxylation sites is 1. The normalized spacial score (nSPS) is 12.4. The number of aliphatic hydroxyl groups is 2. The number of hydrogen-bond acceptors (Lipinski definition) is 4. The second-order valence-corrected chi connectivity index (χ2v) is 4.46. The largest absolute Gasteiger partial charge is 0.394 e. The smallest absolute Gasteiger partial charge is 0.270 e. The van der Waals surface area contributed by atoms with Gasteiger partial charge in [-0.2, -0.15) is 0 Å². The summed E-state index contributed by atoms with van der Waals surface area (Å²) < 4.78 is 0. The van der Waals surface area contributed by atoms with Gasteiger partial charge in [-0.15, -0.1) is 0 Å². The summed E-state index contributed by atoms with van der Waals surface area (Å²) in [7, 11) is 0. The lowest BCUT2D eigenvalue weighted by molar-refractivity contribution is 0.0799. The summed E-state index contributed by atoms with van der Waals surface area (Å²) in [5.74, 6) is -0.444. The van der Waals surface area contributed by atoms with E-state index in [1.807, 2.05) is 18.2 Å². The van der Waals surface area contributed by atoms with Gasteiger partial charge in [0.15, 0.2) is 0 Å². The fourth-order valence-corrected chi connectivity index (χ4v) is 1.88. The van der Waals surface area contributed by atoms with Crippen LogP contribution in [0.2, 0.25) is 5.02 Å². The zero-order valence-electron chi connectivity index (χ0n) is 10.0. The predicted octanol–water partition coefficient (Wildman–Crippen LogP) is 0.971. The van der Waals surface area contributed by atoms with Gasteiger partial charge in [0.2, 0.25) is 0 Å². The highest BCUT2D eigenvalue weighted by molar-refractivity contribution is 6.35. The van der Waals surface area contributed by atoms with Gasteiger partial charge in [0.25, 0.3) is 5.91 Å². The minimum absolute atomic E-state index is 0.0402. The number of aliphatic hydroxyl groups excluding tert-OH is 2. The van der Waals surface area contributed by atoms with Crippen LogP contribution in [0, 0.1) is 0 Å². The minimum atomic E-state index is -0.986. The third-order valence-electron chi connectivity index (χ3n) is 2.61. The average Bonchev–Trinajstić information content (AvgIpc) is 2.44. The fourth-order valence-electron chi connectivity index (χ4n) is 1.61. The molecule has 1 aromatic carbocycles. The van der Waals surface area contributed by atoms with Gasteiger partial charge >= 0.3 is 0 Å². The molecule has 1 aromatic heterocycles. The van der Waals surface area contributed by atoms with Gasteiger partial charge < -0.3 is 15.5 Å². The first-order valence-corrected chi connectivity index (χ1v) is 6.12. The number of pyridine rings is 1. The Bertz CT molecular complexity index is 603. The molecule has 2 rings (SSSR count). The Labute approximate surface area is 114 Å². The number of benzene rings is 1. The third kappa shape index (κ3) is 3.20. The maximum atomic E-state index is 11.8. The van der Waals surface area contributed by atoms with Crippen LogP contribution in [0.5, 0.6) is 0 Å². The number of aromatic nitrogens is 1. The molecule has 0 radical (unpaired) electrons. The number of fused-ring (bicyclic) bond motifs is 1. The van der Waals surface area contributed by atoms with Gasteiger partial charge in [0.1, 0.15) is 5.69 Å². The molecular formula is C13H13ClN2O3. The molecule has 100 valence electrons. The molecule has 6 heteroatoms. The summed E-state index contributed by atoms with van der Waals surface area (Å²) in [6.07, 6.45) is -0.986. The number of rotatable bonds is 4. The van der Waals surface area contributed by atoms with E-state index in [9.17, 15) is 4.79 Å². The second-order valence-electron chi connectivity index (χ2n) is 4.05. The van der Waals surface area contributed by atoms with Crippen LogP contribution in [0.25, 0.3) is 10.9 Å². The Balaban J connectivity index is 2.23. The van der Waals surface area contributed by atoms with Crippen molar-refractivity contribution in [2.45, 2.75) is 6.10 Å². The van der Waals surface area contributed by atoms with Crippen molar-refractivity contribution < 1.29 is 15.0 Å². The van der Waals surface area contributed by atoms with Crippen LogP contribution >= 0.6 is 11.6 Å². The second kappa shape index (κ2) is 5.97. The molecule has 1 heterocycles. The van der Waals surface area contributed by atoms with E-state index in [2.05, 4.69) is 10.3 Å². The molecule has 0 aliphatic rings. The number of nitrogens with zero attached hydrogens (tertiary/aromatic N) is 1. The van der Waals surface area contributed by atoms with Crippen molar-refractivity contribution in [1.82, 2.24) is 10.3 Å². The predicted molar refractivity (Wildman–Crippen MR) is 72.2 cm³/mol. The van der Waals surface area contributed by atoms with Gasteiger partial charge in [-0.1, -0.05) is 29.8 Å². The number of hydrogen-bond donors (Lipinski definition) is 3. The maximum absolute atomic E-state index is 11.8. The van der Waals surface area contributed by atoms with Crippen LogP contribution < -0.4 is 5.32 Å². The lowest BCUT2D eigenvalue weighted by Gasteiger charge is -2.09. The van der Waals surface area contributed by atoms with E-state index in [-0.39, 0.29) is 12.2 Å². The summed E-state index contributed by atoms with van der Waals surface area (Å²) in [5, 5.41) is 21.5. The summed E-state index contributed by atoms with van der Waals surface area (Å²) in [6.45, 7) is -0.451. The van der Waals surface area contributed by atoms with E-state index in [4.69, 9.17) is 21.8 Å². The van der Waals surface area contributed by atoms with E-state index in [0.29, 0.717) is 10.5 Å². The highest BCUT2D eigenvalue weighted by atomic mass is 35.5. The zero-order valence-corrected chi connectivity index (χ0v) is 10.8. The van der Waals surface area contributed by atoms with Gasteiger partial charge in [-0.3, -0.25) is 4.79 Å². The van der Waals surface area contributed by atoms with Crippen molar-refractivity contribution in [2.75, 3.05) is 13.2 Å². The average molecular weight is 281 g/mol. The molecule has 19 heavy (non-hydrogen) atoms. The highest BCUT2D eigenvalue weighted by Gasteiger charge is 2.12. The van der Waals surface area contributed by atoms with Crippen molar-refractivity contribution in [3.05, 3.63) is 41.0 Å². The first kappa shape index (κ1) is 13.7. The molecular weight excluding hydrogens is 268 g/mol. The summed E-state index contributed by atoms with van der Waals surface area (Å²) in [6, 6.07) is 8.71. The van der Waals surface area contributed by atoms with E-state index >= 15 is 0 Å².